The van der Waals surface area contributed by atoms with Gasteiger partial charge in [-0.2, -0.15) is 0 Å². The SMILES string of the molecule is CCNC(=O)C(CC)N(Cc1ccc(Cl)cc1Cl)C(=O)CN(c1ccc(I)cc1)S(C)(=O)=O. The summed E-state index contributed by atoms with van der Waals surface area (Å²) >= 11 is 14.4. The molecule has 0 aromatic heterocycles. The van der Waals surface area contributed by atoms with Gasteiger partial charge in [0, 0.05) is 26.7 Å². The van der Waals surface area contributed by atoms with Crippen molar-refractivity contribution >= 4 is 73.3 Å². The summed E-state index contributed by atoms with van der Waals surface area (Å²) in [5, 5.41) is 3.54. The first-order chi connectivity index (χ1) is 15.5. The van der Waals surface area contributed by atoms with Crippen LogP contribution in [-0.4, -0.2) is 50.5 Å². The summed E-state index contributed by atoms with van der Waals surface area (Å²) in [5.41, 5.74) is 0.958. The van der Waals surface area contributed by atoms with Gasteiger partial charge in [0.1, 0.15) is 12.6 Å². The van der Waals surface area contributed by atoms with Crippen LogP contribution in [0.3, 0.4) is 0 Å². The second-order valence-electron chi connectivity index (χ2n) is 7.32. The van der Waals surface area contributed by atoms with Gasteiger partial charge in [0.25, 0.3) is 0 Å². The first-order valence-corrected chi connectivity index (χ1v) is 13.9. The molecular formula is C22H26Cl2IN3O4S. The Morgan fingerprint density at radius 1 is 1.09 bits per heavy atom. The summed E-state index contributed by atoms with van der Waals surface area (Å²) in [5.74, 6) is -0.846. The van der Waals surface area contributed by atoms with Gasteiger partial charge in [0.05, 0.1) is 11.9 Å². The number of likely N-dealkylation sites (N-methyl/N-ethyl adjacent to an activating group) is 1. The predicted octanol–water partition coefficient (Wildman–Crippen LogP) is 4.31. The number of carbonyl (C=O) groups is 2. The molecule has 33 heavy (non-hydrogen) atoms. The number of carbonyl (C=O) groups excluding carboxylic acids is 2. The zero-order valence-corrected chi connectivity index (χ0v) is 23.0. The molecule has 1 atom stereocenters. The Kier molecular flexibility index (Phi) is 10.3. The van der Waals surface area contributed by atoms with Gasteiger partial charge in [0.2, 0.25) is 21.8 Å². The zero-order valence-electron chi connectivity index (χ0n) is 18.5. The van der Waals surface area contributed by atoms with Crippen molar-refractivity contribution in [3.63, 3.8) is 0 Å². The van der Waals surface area contributed by atoms with Crippen LogP contribution in [0.15, 0.2) is 42.5 Å². The second-order valence-corrected chi connectivity index (χ2v) is 11.3. The highest BCUT2D eigenvalue weighted by Crippen LogP contribution is 2.25. The Morgan fingerprint density at radius 2 is 1.73 bits per heavy atom. The van der Waals surface area contributed by atoms with E-state index in [9.17, 15) is 18.0 Å². The number of hydrogen-bond acceptors (Lipinski definition) is 4. The van der Waals surface area contributed by atoms with E-state index in [1.807, 2.05) is 0 Å². The fraction of sp³-hybridized carbons (Fsp3) is 0.364. The molecule has 0 spiro atoms. The van der Waals surface area contributed by atoms with Crippen molar-refractivity contribution in [1.82, 2.24) is 10.2 Å². The molecule has 11 heteroatoms. The van der Waals surface area contributed by atoms with Gasteiger partial charge in [-0.25, -0.2) is 8.42 Å². The smallest absolute Gasteiger partial charge is 0.244 e. The van der Waals surface area contributed by atoms with Crippen molar-refractivity contribution in [2.45, 2.75) is 32.9 Å². The summed E-state index contributed by atoms with van der Waals surface area (Å²) in [6, 6.07) is 10.9. The number of sulfonamides is 1. The summed E-state index contributed by atoms with van der Waals surface area (Å²) in [6.07, 6.45) is 1.38. The molecule has 2 rings (SSSR count). The number of benzene rings is 2. The van der Waals surface area contributed by atoms with Crippen LogP contribution in [0.5, 0.6) is 0 Å². The highest BCUT2D eigenvalue weighted by Gasteiger charge is 2.31. The number of nitrogens with zero attached hydrogens (tertiary/aromatic N) is 2. The average molecular weight is 626 g/mol. The maximum Gasteiger partial charge on any atom is 0.244 e. The van der Waals surface area contributed by atoms with E-state index in [0.717, 1.165) is 14.1 Å². The van der Waals surface area contributed by atoms with E-state index in [0.29, 0.717) is 34.3 Å². The summed E-state index contributed by atoms with van der Waals surface area (Å²) in [4.78, 5) is 27.6. The molecule has 0 heterocycles. The summed E-state index contributed by atoms with van der Waals surface area (Å²) in [6.45, 7) is 3.54. The number of anilines is 1. The first-order valence-electron chi connectivity index (χ1n) is 10.2. The number of hydrogen-bond donors (Lipinski definition) is 1. The highest BCUT2D eigenvalue weighted by molar-refractivity contribution is 14.1. The van der Waals surface area contributed by atoms with Crippen molar-refractivity contribution < 1.29 is 18.0 Å². The van der Waals surface area contributed by atoms with Gasteiger partial charge in [0.15, 0.2) is 0 Å². The third-order valence-electron chi connectivity index (χ3n) is 4.89. The molecule has 2 aromatic carbocycles. The second kappa shape index (κ2) is 12.2. The van der Waals surface area contributed by atoms with Crippen LogP contribution in [0.4, 0.5) is 5.69 Å². The Hall–Kier alpha value is -1.56. The summed E-state index contributed by atoms with van der Waals surface area (Å²) < 4.78 is 27.0. The molecular weight excluding hydrogens is 600 g/mol. The van der Waals surface area contributed by atoms with Crippen molar-refractivity contribution in [3.05, 3.63) is 61.6 Å². The molecule has 0 saturated carbocycles. The number of amides is 2. The standard InChI is InChI=1S/C22H26Cl2IN3O4S/c1-4-20(22(30)26-5-2)27(13-15-6-7-16(23)12-19(15)24)21(29)14-28(33(3,31)32)18-10-8-17(25)9-11-18/h6-12,20H,4-5,13-14H2,1-3H3,(H,26,30). The molecule has 2 amide bonds. The molecule has 2 aromatic rings. The minimum absolute atomic E-state index is 0.0226. The van der Waals surface area contributed by atoms with E-state index in [2.05, 4.69) is 27.9 Å². The average Bonchev–Trinajstić information content (AvgIpc) is 2.73. The number of nitrogens with one attached hydrogen (secondary N) is 1. The topological polar surface area (TPSA) is 86.8 Å². The largest absolute Gasteiger partial charge is 0.355 e. The molecule has 7 nitrogen and oxygen atoms in total. The maximum absolute atomic E-state index is 13.5. The molecule has 1 N–H and O–H groups in total. The van der Waals surface area contributed by atoms with E-state index in [1.165, 1.54) is 4.90 Å². The molecule has 180 valence electrons. The summed E-state index contributed by atoms with van der Waals surface area (Å²) in [7, 11) is -3.77. The third kappa shape index (κ3) is 7.73. The molecule has 0 aliphatic rings. The Morgan fingerprint density at radius 3 is 2.24 bits per heavy atom. The maximum atomic E-state index is 13.5. The minimum Gasteiger partial charge on any atom is -0.355 e. The van der Waals surface area contributed by atoms with Crippen LogP contribution in [0.1, 0.15) is 25.8 Å². The number of halogens is 3. The Bertz CT molecular complexity index is 1100. The monoisotopic (exact) mass is 625 g/mol. The molecule has 0 aliphatic heterocycles. The zero-order chi connectivity index (χ0) is 24.8. The van der Waals surface area contributed by atoms with Crippen LogP contribution in [0.25, 0.3) is 0 Å². The normalized spacial score (nSPS) is 12.2. The Balaban J connectivity index is 2.45. The minimum atomic E-state index is -3.77. The van der Waals surface area contributed by atoms with Crippen molar-refractivity contribution in [3.8, 4) is 0 Å². The Labute approximate surface area is 218 Å². The predicted molar refractivity (Wildman–Crippen MR) is 141 cm³/mol. The molecule has 0 fully saturated rings. The van der Waals surface area contributed by atoms with Crippen LogP contribution >= 0.6 is 45.8 Å². The van der Waals surface area contributed by atoms with Crippen LogP contribution < -0.4 is 9.62 Å². The van der Waals surface area contributed by atoms with Crippen LogP contribution in [-0.2, 0) is 26.2 Å². The van der Waals surface area contributed by atoms with E-state index < -0.39 is 28.5 Å². The van der Waals surface area contributed by atoms with Gasteiger partial charge < -0.3 is 10.2 Å². The fourth-order valence-corrected chi connectivity index (χ4v) is 4.94. The van der Waals surface area contributed by atoms with Crippen molar-refractivity contribution in [1.29, 1.82) is 0 Å². The van der Waals surface area contributed by atoms with E-state index >= 15 is 0 Å². The lowest BCUT2D eigenvalue weighted by Gasteiger charge is -2.33. The number of rotatable bonds is 10. The fourth-order valence-electron chi connectivity index (χ4n) is 3.27. The van der Waals surface area contributed by atoms with E-state index in [4.69, 9.17) is 23.2 Å². The molecule has 1 unspecified atom stereocenters. The highest BCUT2D eigenvalue weighted by atomic mass is 127. The molecule has 0 saturated heterocycles. The van der Waals surface area contributed by atoms with E-state index in [1.54, 1.807) is 56.3 Å². The van der Waals surface area contributed by atoms with Gasteiger partial charge >= 0.3 is 0 Å². The van der Waals surface area contributed by atoms with Gasteiger partial charge in [-0.1, -0.05) is 36.2 Å². The first kappa shape index (κ1) is 27.7. The van der Waals surface area contributed by atoms with Gasteiger partial charge in [-0.05, 0) is 77.9 Å². The van der Waals surface area contributed by atoms with Crippen molar-refractivity contribution in [2.24, 2.45) is 0 Å². The molecule has 0 radical (unpaired) electrons. The van der Waals surface area contributed by atoms with E-state index in [-0.39, 0.29) is 12.5 Å². The molecule has 0 bridgehead atoms. The lowest BCUT2D eigenvalue weighted by atomic mass is 10.1. The van der Waals surface area contributed by atoms with Crippen molar-refractivity contribution in [2.75, 3.05) is 23.7 Å². The van der Waals surface area contributed by atoms with Gasteiger partial charge in [-0.3, -0.25) is 13.9 Å². The van der Waals surface area contributed by atoms with Crippen LogP contribution in [0, 0.1) is 3.57 Å². The quantitative estimate of drug-likeness (QED) is 0.399. The lowest BCUT2D eigenvalue weighted by Crippen LogP contribution is -2.52. The lowest BCUT2D eigenvalue weighted by molar-refractivity contribution is -0.140. The van der Waals surface area contributed by atoms with Gasteiger partial charge in [-0.15, -0.1) is 0 Å². The third-order valence-corrected chi connectivity index (χ3v) is 7.33. The molecule has 0 aliphatic carbocycles. The van der Waals surface area contributed by atoms with Crippen LogP contribution in [0.2, 0.25) is 10.0 Å².